The van der Waals surface area contributed by atoms with Gasteiger partial charge in [0.05, 0.1) is 4.92 Å². The number of hydrogen-bond donors (Lipinski definition) is 1. The van der Waals surface area contributed by atoms with Crippen molar-refractivity contribution in [3.63, 3.8) is 0 Å². The lowest BCUT2D eigenvalue weighted by atomic mass is 10.1. The number of nitro groups is 1. The average molecular weight is 271 g/mol. The molecule has 0 amide bonds. The number of aromatic nitrogens is 1. The maximum atomic E-state index is 10.6. The molecule has 20 heavy (non-hydrogen) atoms. The molecule has 0 saturated heterocycles. The maximum Gasteiger partial charge on any atom is 0.269 e. The average Bonchev–Trinajstić information content (AvgIpc) is 2.46. The lowest BCUT2D eigenvalue weighted by Crippen LogP contribution is -2.18. The molecular weight excluding hydrogens is 254 g/mol. The predicted octanol–water partition coefficient (Wildman–Crippen LogP) is 3.15. The Kier molecular flexibility index (Phi) is 4.42. The monoisotopic (exact) mass is 271 g/mol. The normalized spacial score (nSPS) is 12.1. The first-order valence-corrected chi connectivity index (χ1v) is 6.45. The number of aryl methyl sites for hydroxylation is 1. The van der Waals surface area contributed by atoms with Crippen molar-refractivity contribution in [2.75, 3.05) is 0 Å². The van der Waals surface area contributed by atoms with Crippen LogP contribution in [-0.4, -0.2) is 9.91 Å². The SMILES string of the molecule is Cc1ccncc1CNC(C)c1ccc([N+](=O)[O-])cc1. The summed E-state index contributed by atoms with van der Waals surface area (Å²) in [4.78, 5) is 14.3. The zero-order chi connectivity index (χ0) is 14.5. The van der Waals surface area contributed by atoms with Crippen LogP contribution >= 0.6 is 0 Å². The highest BCUT2D eigenvalue weighted by molar-refractivity contribution is 5.34. The molecule has 0 aliphatic rings. The molecule has 1 atom stereocenters. The summed E-state index contributed by atoms with van der Waals surface area (Å²) >= 11 is 0. The van der Waals surface area contributed by atoms with E-state index in [4.69, 9.17) is 0 Å². The van der Waals surface area contributed by atoms with E-state index in [9.17, 15) is 10.1 Å². The van der Waals surface area contributed by atoms with E-state index in [1.165, 1.54) is 17.7 Å². The molecule has 1 aromatic heterocycles. The van der Waals surface area contributed by atoms with E-state index in [0.717, 1.165) is 17.7 Å². The number of rotatable bonds is 5. The van der Waals surface area contributed by atoms with Gasteiger partial charge in [0.2, 0.25) is 0 Å². The van der Waals surface area contributed by atoms with Gasteiger partial charge in [-0.2, -0.15) is 0 Å². The third-order valence-corrected chi connectivity index (χ3v) is 3.35. The van der Waals surface area contributed by atoms with Crippen molar-refractivity contribution in [1.29, 1.82) is 0 Å². The number of hydrogen-bond acceptors (Lipinski definition) is 4. The molecule has 5 nitrogen and oxygen atoms in total. The van der Waals surface area contributed by atoms with E-state index in [2.05, 4.69) is 17.2 Å². The Labute approximate surface area is 117 Å². The number of nitro benzene ring substituents is 1. The van der Waals surface area contributed by atoms with Gasteiger partial charge in [-0.15, -0.1) is 0 Å². The minimum atomic E-state index is -0.388. The molecule has 0 bridgehead atoms. The minimum absolute atomic E-state index is 0.115. The van der Waals surface area contributed by atoms with Gasteiger partial charge in [-0.1, -0.05) is 12.1 Å². The van der Waals surface area contributed by atoms with Gasteiger partial charge < -0.3 is 5.32 Å². The second-order valence-corrected chi connectivity index (χ2v) is 4.75. The zero-order valence-corrected chi connectivity index (χ0v) is 11.5. The highest BCUT2D eigenvalue weighted by Gasteiger charge is 2.09. The second-order valence-electron chi connectivity index (χ2n) is 4.75. The Hall–Kier alpha value is -2.27. The van der Waals surface area contributed by atoms with Crippen LogP contribution in [0.15, 0.2) is 42.7 Å². The lowest BCUT2D eigenvalue weighted by molar-refractivity contribution is -0.384. The fourth-order valence-corrected chi connectivity index (χ4v) is 1.95. The van der Waals surface area contributed by atoms with Crippen molar-refractivity contribution in [2.24, 2.45) is 0 Å². The molecule has 1 N–H and O–H groups in total. The van der Waals surface area contributed by atoms with Crippen molar-refractivity contribution >= 4 is 5.69 Å². The van der Waals surface area contributed by atoms with Crippen LogP contribution in [0.5, 0.6) is 0 Å². The van der Waals surface area contributed by atoms with Gasteiger partial charge in [0.25, 0.3) is 5.69 Å². The van der Waals surface area contributed by atoms with Gasteiger partial charge >= 0.3 is 0 Å². The molecule has 104 valence electrons. The van der Waals surface area contributed by atoms with Crippen molar-refractivity contribution in [1.82, 2.24) is 10.3 Å². The molecule has 0 aliphatic heterocycles. The summed E-state index contributed by atoms with van der Waals surface area (Å²) in [6.45, 7) is 4.81. The second kappa shape index (κ2) is 6.25. The molecule has 5 heteroatoms. The van der Waals surface area contributed by atoms with Crippen LogP contribution in [-0.2, 0) is 6.54 Å². The van der Waals surface area contributed by atoms with Crippen LogP contribution in [0.3, 0.4) is 0 Å². The van der Waals surface area contributed by atoms with Gasteiger partial charge in [0.1, 0.15) is 0 Å². The molecular formula is C15H17N3O2. The highest BCUT2D eigenvalue weighted by Crippen LogP contribution is 2.18. The van der Waals surface area contributed by atoms with Gasteiger partial charge in [0.15, 0.2) is 0 Å². The van der Waals surface area contributed by atoms with E-state index in [1.807, 2.05) is 19.2 Å². The Bertz CT molecular complexity index is 596. The molecule has 0 aliphatic carbocycles. The van der Waals surface area contributed by atoms with Gasteiger partial charge in [-0.25, -0.2) is 0 Å². The zero-order valence-electron chi connectivity index (χ0n) is 11.5. The van der Waals surface area contributed by atoms with Gasteiger partial charge in [-0.05, 0) is 36.6 Å². The van der Waals surface area contributed by atoms with E-state index in [-0.39, 0.29) is 16.7 Å². The Morgan fingerprint density at radius 3 is 2.60 bits per heavy atom. The molecule has 0 saturated carbocycles. The minimum Gasteiger partial charge on any atom is -0.306 e. The summed E-state index contributed by atoms with van der Waals surface area (Å²) in [5, 5.41) is 14.0. The van der Waals surface area contributed by atoms with Crippen LogP contribution < -0.4 is 5.32 Å². The van der Waals surface area contributed by atoms with E-state index in [1.54, 1.807) is 18.3 Å². The van der Waals surface area contributed by atoms with Crippen LogP contribution in [0, 0.1) is 17.0 Å². The maximum absolute atomic E-state index is 10.6. The molecule has 0 fully saturated rings. The van der Waals surface area contributed by atoms with Gasteiger partial charge in [-0.3, -0.25) is 15.1 Å². The van der Waals surface area contributed by atoms with Crippen LogP contribution in [0.25, 0.3) is 0 Å². The number of nitrogens with zero attached hydrogens (tertiary/aromatic N) is 2. The topological polar surface area (TPSA) is 68.1 Å². The number of pyridine rings is 1. The molecule has 2 rings (SSSR count). The first-order chi connectivity index (χ1) is 9.58. The quantitative estimate of drug-likeness (QED) is 0.670. The summed E-state index contributed by atoms with van der Waals surface area (Å²) in [6.07, 6.45) is 3.63. The fraction of sp³-hybridized carbons (Fsp3) is 0.267. The lowest BCUT2D eigenvalue weighted by Gasteiger charge is -2.15. The Morgan fingerprint density at radius 1 is 1.30 bits per heavy atom. The molecule has 1 unspecified atom stereocenters. The summed E-state index contributed by atoms with van der Waals surface area (Å²) in [7, 11) is 0. The van der Waals surface area contributed by atoms with Crippen molar-refractivity contribution in [2.45, 2.75) is 26.4 Å². The number of nitrogens with one attached hydrogen (secondary N) is 1. The number of benzene rings is 1. The smallest absolute Gasteiger partial charge is 0.269 e. The Balaban J connectivity index is 2.00. The largest absolute Gasteiger partial charge is 0.306 e. The number of non-ortho nitro benzene ring substituents is 1. The fourth-order valence-electron chi connectivity index (χ4n) is 1.95. The molecule has 2 aromatic rings. The molecule has 0 radical (unpaired) electrons. The standard InChI is InChI=1S/C15H17N3O2/c1-11-7-8-16-9-14(11)10-17-12(2)13-3-5-15(6-4-13)18(19)20/h3-9,12,17H,10H2,1-2H3. The summed E-state index contributed by atoms with van der Waals surface area (Å²) in [5.74, 6) is 0. The molecule has 1 aromatic carbocycles. The van der Waals surface area contributed by atoms with Crippen molar-refractivity contribution in [3.8, 4) is 0 Å². The summed E-state index contributed by atoms with van der Waals surface area (Å²) in [6, 6.07) is 8.73. The summed E-state index contributed by atoms with van der Waals surface area (Å²) in [5.41, 5.74) is 3.49. The van der Waals surface area contributed by atoms with E-state index >= 15 is 0 Å². The van der Waals surface area contributed by atoms with Crippen molar-refractivity contribution in [3.05, 3.63) is 69.5 Å². The van der Waals surface area contributed by atoms with Crippen LogP contribution in [0.2, 0.25) is 0 Å². The molecule has 0 spiro atoms. The van der Waals surface area contributed by atoms with Crippen molar-refractivity contribution < 1.29 is 4.92 Å². The third-order valence-electron chi connectivity index (χ3n) is 3.35. The highest BCUT2D eigenvalue weighted by atomic mass is 16.6. The molecule has 1 heterocycles. The van der Waals surface area contributed by atoms with E-state index in [0.29, 0.717) is 0 Å². The van der Waals surface area contributed by atoms with Crippen LogP contribution in [0.4, 0.5) is 5.69 Å². The van der Waals surface area contributed by atoms with Crippen LogP contribution in [0.1, 0.15) is 29.7 Å². The first kappa shape index (κ1) is 14.1. The first-order valence-electron chi connectivity index (χ1n) is 6.45. The summed E-state index contributed by atoms with van der Waals surface area (Å²) < 4.78 is 0. The van der Waals surface area contributed by atoms with Gasteiger partial charge in [0, 0.05) is 37.1 Å². The third kappa shape index (κ3) is 3.39. The Morgan fingerprint density at radius 2 is 2.00 bits per heavy atom. The predicted molar refractivity (Wildman–Crippen MR) is 77.3 cm³/mol. The van der Waals surface area contributed by atoms with E-state index < -0.39 is 0 Å².